The maximum atomic E-state index is 13.3. The minimum Gasteiger partial charge on any atom is -0.337 e. The van der Waals surface area contributed by atoms with Crippen LogP contribution < -0.4 is 5.32 Å². The predicted molar refractivity (Wildman–Crippen MR) is 69.5 cm³/mol. The van der Waals surface area contributed by atoms with Crippen molar-refractivity contribution in [1.29, 1.82) is 0 Å². The molecule has 0 radical (unpaired) electrons. The number of amides is 1. The molecule has 1 N–H and O–H groups in total. The van der Waals surface area contributed by atoms with Gasteiger partial charge in [0.05, 0.1) is 10.6 Å². The Hall–Kier alpha value is -1.13. The van der Waals surface area contributed by atoms with Crippen molar-refractivity contribution >= 4 is 17.5 Å². The van der Waals surface area contributed by atoms with E-state index in [4.69, 9.17) is 11.6 Å². The number of nitrogens with one attached hydrogen (secondary N) is 1. The number of carbonyl (C=O) groups excluding carboxylic acids is 1. The van der Waals surface area contributed by atoms with E-state index in [1.807, 2.05) is 0 Å². The number of hydrogen-bond donors (Lipinski definition) is 1. The molecule has 0 bridgehead atoms. The van der Waals surface area contributed by atoms with Gasteiger partial charge in [-0.15, -0.1) is 0 Å². The summed E-state index contributed by atoms with van der Waals surface area (Å²) in [7, 11) is 1.76. The quantitative estimate of drug-likeness (QED) is 0.894. The van der Waals surface area contributed by atoms with E-state index in [9.17, 15) is 9.18 Å². The van der Waals surface area contributed by atoms with Crippen molar-refractivity contribution in [2.45, 2.75) is 19.4 Å². The lowest BCUT2D eigenvalue weighted by molar-refractivity contribution is 0.0744. The van der Waals surface area contributed by atoms with Gasteiger partial charge in [-0.1, -0.05) is 11.6 Å². The molecular weight excluding hydrogens is 255 g/mol. The molecule has 2 rings (SSSR count). The third kappa shape index (κ3) is 2.49. The summed E-state index contributed by atoms with van der Waals surface area (Å²) in [4.78, 5) is 14.0. The number of rotatable bonds is 2. The van der Waals surface area contributed by atoms with E-state index in [2.05, 4.69) is 5.32 Å². The van der Waals surface area contributed by atoms with Gasteiger partial charge in [-0.3, -0.25) is 4.79 Å². The lowest BCUT2D eigenvalue weighted by Crippen LogP contribution is -2.38. The summed E-state index contributed by atoms with van der Waals surface area (Å²) in [6, 6.07) is 2.89. The van der Waals surface area contributed by atoms with E-state index in [0.29, 0.717) is 11.1 Å². The van der Waals surface area contributed by atoms with Gasteiger partial charge in [0.2, 0.25) is 0 Å². The predicted octanol–water partition coefficient (Wildman–Crippen LogP) is 2.22. The molecule has 0 unspecified atom stereocenters. The molecule has 1 aliphatic rings. The summed E-state index contributed by atoms with van der Waals surface area (Å²) in [5, 5.41) is 3.38. The molecule has 1 heterocycles. The molecule has 1 amide bonds. The number of carbonyl (C=O) groups is 1. The van der Waals surface area contributed by atoms with Crippen molar-refractivity contribution < 1.29 is 9.18 Å². The van der Waals surface area contributed by atoms with Crippen LogP contribution >= 0.6 is 11.6 Å². The summed E-state index contributed by atoms with van der Waals surface area (Å²) >= 11 is 5.94. The molecule has 0 spiro atoms. The van der Waals surface area contributed by atoms with Crippen LogP contribution in [0.1, 0.15) is 22.3 Å². The fourth-order valence-electron chi connectivity index (χ4n) is 2.15. The largest absolute Gasteiger partial charge is 0.337 e. The number of aryl methyl sites for hydroxylation is 1. The summed E-state index contributed by atoms with van der Waals surface area (Å²) in [5.41, 5.74) is 0.797. The standard InChI is InChI=1S/C13H16ClFN2O/c1-8-5-10(11(14)6-12(8)15)13(18)17(2)9-3-4-16-7-9/h5-6,9,16H,3-4,7H2,1-2H3/t9-/m0/s1. The maximum absolute atomic E-state index is 13.3. The van der Waals surface area contributed by atoms with Crippen LogP contribution in [0, 0.1) is 12.7 Å². The molecule has 1 aromatic rings. The average molecular weight is 271 g/mol. The van der Waals surface area contributed by atoms with Crippen molar-refractivity contribution in [1.82, 2.24) is 10.2 Å². The van der Waals surface area contributed by atoms with Gasteiger partial charge in [0, 0.05) is 19.6 Å². The zero-order valence-electron chi connectivity index (χ0n) is 10.5. The second-order valence-electron chi connectivity index (χ2n) is 4.64. The Bertz CT molecular complexity index is 472. The van der Waals surface area contributed by atoms with Gasteiger partial charge in [-0.25, -0.2) is 4.39 Å². The van der Waals surface area contributed by atoms with Gasteiger partial charge in [0.15, 0.2) is 0 Å². The number of hydrogen-bond acceptors (Lipinski definition) is 2. The van der Waals surface area contributed by atoms with Gasteiger partial charge < -0.3 is 10.2 Å². The molecule has 5 heteroatoms. The molecule has 1 fully saturated rings. The van der Waals surface area contributed by atoms with E-state index in [-0.39, 0.29) is 22.8 Å². The van der Waals surface area contributed by atoms with Gasteiger partial charge in [-0.05, 0) is 37.6 Å². The van der Waals surface area contributed by atoms with Gasteiger partial charge >= 0.3 is 0 Å². The van der Waals surface area contributed by atoms with Crippen LogP contribution in [0.3, 0.4) is 0 Å². The molecule has 18 heavy (non-hydrogen) atoms. The molecular formula is C13H16ClFN2O. The highest BCUT2D eigenvalue weighted by atomic mass is 35.5. The average Bonchev–Trinajstić information content (AvgIpc) is 2.85. The van der Waals surface area contributed by atoms with E-state index in [1.165, 1.54) is 12.1 Å². The third-order valence-corrected chi connectivity index (χ3v) is 3.69. The number of halogens is 2. The maximum Gasteiger partial charge on any atom is 0.255 e. The Balaban J connectivity index is 2.25. The topological polar surface area (TPSA) is 32.3 Å². The second kappa shape index (κ2) is 5.24. The lowest BCUT2D eigenvalue weighted by Gasteiger charge is -2.24. The Morgan fingerprint density at radius 2 is 2.28 bits per heavy atom. The number of nitrogens with zero attached hydrogens (tertiary/aromatic N) is 1. The Morgan fingerprint density at radius 1 is 1.56 bits per heavy atom. The minimum absolute atomic E-state index is 0.156. The normalized spacial score (nSPS) is 19.0. The van der Waals surface area contributed by atoms with Crippen LogP contribution in [0.25, 0.3) is 0 Å². The fraction of sp³-hybridized carbons (Fsp3) is 0.462. The molecule has 1 saturated heterocycles. The monoisotopic (exact) mass is 270 g/mol. The first-order valence-electron chi connectivity index (χ1n) is 5.94. The number of likely N-dealkylation sites (N-methyl/N-ethyl adjacent to an activating group) is 1. The van der Waals surface area contributed by atoms with Crippen molar-refractivity contribution in [3.63, 3.8) is 0 Å². The molecule has 98 valence electrons. The highest BCUT2D eigenvalue weighted by Crippen LogP contribution is 2.23. The van der Waals surface area contributed by atoms with Crippen LogP contribution in [0.2, 0.25) is 5.02 Å². The van der Waals surface area contributed by atoms with Crippen LogP contribution in [-0.4, -0.2) is 37.0 Å². The third-order valence-electron chi connectivity index (χ3n) is 3.38. The molecule has 0 aromatic heterocycles. The molecule has 0 aliphatic carbocycles. The smallest absolute Gasteiger partial charge is 0.255 e. The summed E-state index contributed by atoms with van der Waals surface area (Å²) in [5.74, 6) is -0.543. The molecule has 1 aliphatic heterocycles. The fourth-order valence-corrected chi connectivity index (χ4v) is 2.38. The first-order valence-corrected chi connectivity index (χ1v) is 6.32. The highest BCUT2D eigenvalue weighted by molar-refractivity contribution is 6.33. The number of benzene rings is 1. The first kappa shape index (κ1) is 13.3. The minimum atomic E-state index is -0.387. The van der Waals surface area contributed by atoms with E-state index >= 15 is 0 Å². The van der Waals surface area contributed by atoms with Crippen molar-refractivity contribution in [2.75, 3.05) is 20.1 Å². The summed E-state index contributed by atoms with van der Waals surface area (Å²) in [6.07, 6.45) is 0.931. The molecule has 3 nitrogen and oxygen atoms in total. The summed E-state index contributed by atoms with van der Waals surface area (Å²) in [6.45, 7) is 3.33. The Labute approximate surface area is 111 Å². The lowest BCUT2D eigenvalue weighted by atomic mass is 10.1. The van der Waals surface area contributed by atoms with Crippen molar-refractivity contribution in [3.8, 4) is 0 Å². The highest BCUT2D eigenvalue weighted by Gasteiger charge is 2.25. The first-order chi connectivity index (χ1) is 8.50. The van der Waals surface area contributed by atoms with E-state index in [1.54, 1.807) is 18.9 Å². The van der Waals surface area contributed by atoms with E-state index < -0.39 is 0 Å². The van der Waals surface area contributed by atoms with Gasteiger partial charge in [0.25, 0.3) is 5.91 Å². The van der Waals surface area contributed by atoms with Crippen LogP contribution in [-0.2, 0) is 0 Å². The Morgan fingerprint density at radius 3 is 2.89 bits per heavy atom. The summed E-state index contributed by atoms with van der Waals surface area (Å²) < 4.78 is 13.3. The van der Waals surface area contributed by atoms with Crippen LogP contribution in [0.15, 0.2) is 12.1 Å². The van der Waals surface area contributed by atoms with Gasteiger partial charge in [-0.2, -0.15) is 0 Å². The van der Waals surface area contributed by atoms with Crippen molar-refractivity contribution in [2.24, 2.45) is 0 Å². The molecule has 1 aromatic carbocycles. The van der Waals surface area contributed by atoms with Crippen LogP contribution in [0.5, 0.6) is 0 Å². The molecule has 1 atom stereocenters. The van der Waals surface area contributed by atoms with E-state index in [0.717, 1.165) is 19.5 Å². The Kier molecular flexibility index (Phi) is 3.88. The second-order valence-corrected chi connectivity index (χ2v) is 5.05. The van der Waals surface area contributed by atoms with Gasteiger partial charge in [0.1, 0.15) is 5.82 Å². The van der Waals surface area contributed by atoms with Crippen molar-refractivity contribution in [3.05, 3.63) is 34.1 Å². The van der Waals surface area contributed by atoms with Crippen LogP contribution in [0.4, 0.5) is 4.39 Å². The SMILES string of the molecule is Cc1cc(C(=O)N(C)[C@H]2CCNC2)c(Cl)cc1F. The molecule has 0 saturated carbocycles. The zero-order valence-corrected chi connectivity index (χ0v) is 11.2. The zero-order chi connectivity index (χ0) is 13.3.